The standard InChI is InChI=1S/C12H20N4O3/c1-4-9(5-2)8(3)13-12(19)10-6-16(15-14-10)7-11(17)18/h6,8-9H,4-5,7H2,1-3H3,(H,13,19)(H,17,18). The number of hydrogen-bond donors (Lipinski definition) is 2. The first-order valence-corrected chi connectivity index (χ1v) is 6.40. The minimum Gasteiger partial charge on any atom is -0.480 e. The van der Waals surface area contributed by atoms with Crippen molar-refractivity contribution < 1.29 is 14.7 Å². The molecule has 106 valence electrons. The monoisotopic (exact) mass is 268 g/mol. The number of carbonyl (C=O) groups is 2. The van der Waals surface area contributed by atoms with Crippen LogP contribution in [0.15, 0.2) is 6.20 Å². The third-order valence-electron chi connectivity index (χ3n) is 3.18. The predicted octanol–water partition coefficient (Wildman–Crippen LogP) is 0.917. The Balaban J connectivity index is 2.62. The Morgan fingerprint density at radius 3 is 2.58 bits per heavy atom. The molecule has 7 nitrogen and oxygen atoms in total. The minimum absolute atomic E-state index is 0.0483. The van der Waals surface area contributed by atoms with Crippen molar-refractivity contribution in [1.82, 2.24) is 20.3 Å². The van der Waals surface area contributed by atoms with E-state index in [0.29, 0.717) is 5.92 Å². The summed E-state index contributed by atoms with van der Waals surface area (Å²) in [5, 5.41) is 18.7. The van der Waals surface area contributed by atoms with Crippen molar-refractivity contribution in [3.8, 4) is 0 Å². The van der Waals surface area contributed by atoms with E-state index < -0.39 is 5.97 Å². The van der Waals surface area contributed by atoms with Crippen LogP contribution in [-0.4, -0.2) is 38.0 Å². The summed E-state index contributed by atoms with van der Waals surface area (Å²) in [7, 11) is 0. The van der Waals surface area contributed by atoms with Gasteiger partial charge in [0.05, 0.1) is 6.20 Å². The number of nitrogens with one attached hydrogen (secondary N) is 1. The lowest BCUT2D eigenvalue weighted by Gasteiger charge is -2.21. The van der Waals surface area contributed by atoms with Gasteiger partial charge in [-0.15, -0.1) is 5.10 Å². The van der Waals surface area contributed by atoms with Crippen LogP contribution in [0, 0.1) is 5.92 Å². The maximum absolute atomic E-state index is 11.9. The number of nitrogens with zero attached hydrogens (tertiary/aromatic N) is 3. The molecule has 2 N–H and O–H groups in total. The number of hydrogen-bond acceptors (Lipinski definition) is 4. The van der Waals surface area contributed by atoms with Gasteiger partial charge in [-0.25, -0.2) is 4.68 Å². The molecule has 0 aliphatic heterocycles. The fraction of sp³-hybridized carbons (Fsp3) is 0.667. The van der Waals surface area contributed by atoms with Gasteiger partial charge in [0.25, 0.3) is 5.91 Å². The van der Waals surface area contributed by atoms with E-state index in [1.807, 2.05) is 6.92 Å². The number of aliphatic carboxylic acids is 1. The topological polar surface area (TPSA) is 97.1 Å². The number of carbonyl (C=O) groups excluding carboxylic acids is 1. The predicted molar refractivity (Wildman–Crippen MR) is 68.7 cm³/mol. The maximum Gasteiger partial charge on any atom is 0.325 e. The highest BCUT2D eigenvalue weighted by molar-refractivity contribution is 5.92. The minimum atomic E-state index is -1.03. The molecule has 1 aromatic heterocycles. The molecule has 0 saturated heterocycles. The molecular weight excluding hydrogens is 248 g/mol. The average Bonchev–Trinajstić information content (AvgIpc) is 2.78. The quantitative estimate of drug-likeness (QED) is 0.766. The molecule has 1 atom stereocenters. The van der Waals surface area contributed by atoms with E-state index in [1.54, 1.807) is 0 Å². The third-order valence-corrected chi connectivity index (χ3v) is 3.18. The lowest BCUT2D eigenvalue weighted by molar-refractivity contribution is -0.137. The molecule has 1 unspecified atom stereocenters. The smallest absolute Gasteiger partial charge is 0.325 e. The van der Waals surface area contributed by atoms with Gasteiger partial charge in [-0.1, -0.05) is 31.9 Å². The Bertz CT molecular complexity index is 440. The molecule has 0 aliphatic carbocycles. The second kappa shape index (κ2) is 6.86. The van der Waals surface area contributed by atoms with Crippen LogP contribution in [0.2, 0.25) is 0 Å². The number of carboxylic acid groups (broad SMARTS) is 1. The van der Waals surface area contributed by atoms with Gasteiger partial charge in [0.1, 0.15) is 6.54 Å². The van der Waals surface area contributed by atoms with Crippen molar-refractivity contribution in [2.24, 2.45) is 5.92 Å². The van der Waals surface area contributed by atoms with E-state index in [2.05, 4.69) is 29.5 Å². The Morgan fingerprint density at radius 1 is 1.42 bits per heavy atom. The molecular formula is C12H20N4O3. The van der Waals surface area contributed by atoms with Gasteiger partial charge in [0.15, 0.2) is 5.69 Å². The van der Waals surface area contributed by atoms with Crippen LogP contribution in [-0.2, 0) is 11.3 Å². The molecule has 0 radical (unpaired) electrons. The summed E-state index contributed by atoms with van der Waals surface area (Å²) >= 11 is 0. The van der Waals surface area contributed by atoms with Crippen molar-refractivity contribution >= 4 is 11.9 Å². The third kappa shape index (κ3) is 4.35. The maximum atomic E-state index is 11.9. The number of carboxylic acids is 1. The molecule has 1 aromatic rings. The second-order valence-corrected chi connectivity index (χ2v) is 4.53. The van der Waals surface area contributed by atoms with Gasteiger partial charge >= 0.3 is 5.97 Å². The highest BCUT2D eigenvalue weighted by Crippen LogP contribution is 2.12. The van der Waals surface area contributed by atoms with Crippen LogP contribution < -0.4 is 5.32 Å². The van der Waals surface area contributed by atoms with Crippen molar-refractivity contribution in [2.75, 3.05) is 0 Å². The first kappa shape index (κ1) is 15.1. The normalized spacial score (nSPS) is 12.4. The molecule has 0 bridgehead atoms. The summed E-state index contributed by atoms with van der Waals surface area (Å²) in [5.41, 5.74) is 0.138. The molecule has 1 rings (SSSR count). The number of aromatic nitrogens is 3. The van der Waals surface area contributed by atoms with Gasteiger partial charge in [0, 0.05) is 6.04 Å². The molecule has 0 aliphatic rings. The molecule has 1 amide bonds. The molecule has 0 aromatic carbocycles. The van der Waals surface area contributed by atoms with Crippen LogP contribution in [0.4, 0.5) is 0 Å². The Kier molecular flexibility index (Phi) is 5.47. The zero-order chi connectivity index (χ0) is 14.4. The largest absolute Gasteiger partial charge is 0.480 e. The van der Waals surface area contributed by atoms with E-state index in [4.69, 9.17) is 5.11 Å². The van der Waals surface area contributed by atoms with Crippen LogP contribution in [0.25, 0.3) is 0 Å². The molecule has 7 heteroatoms. The lowest BCUT2D eigenvalue weighted by Crippen LogP contribution is -2.37. The highest BCUT2D eigenvalue weighted by Gasteiger charge is 2.18. The Hall–Kier alpha value is -1.92. The van der Waals surface area contributed by atoms with E-state index in [-0.39, 0.29) is 24.2 Å². The van der Waals surface area contributed by atoms with Crippen LogP contribution in [0.1, 0.15) is 44.1 Å². The van der Waals surface area contributed by atoms with Crippen molar-refractivity contribution in [2.45, 2.75) is 46.2 Å². The van der Waals surface area contributed by atoms with Crippen LogP contribution in [0.5, 0.6) is 0 Å². The zero-order valence-corrected chi connectivity index (χ0v) is 11.5. The first-order chi connectivity index (χ1) is 8.97. The Labute approximate surface area is 112 Å². The van der Waals surface area contributed by atoms with Crippen LogP contribution >= 0.6 is 0 Å². The summed E-state index contributed by atoms with van der Waals surface area (Å²) < 4.78 is 1.12. The van der Waals surface area contributed by atoms with E-state index in [9.17, 15) is 9.59 Å². The van der Waals surface area contributed by atoms with Gasteiger partial charge in [0.2, 0.25) is 0 Å². The molecule has 0 saturated carbocycles. The Morgan fingerprint density at radius 2 is 2.05 bits per heavy atom. The van der Waals surface area contributed by atoms with Gasteiger partial charge in [-0.2, -0.15) is 0 Å². The number of amides is 1. The zero-order valence-electron chi connectivity index (χ0n) is 11.5. The summed E-state index contributed by atoms with van der Waals surface area (Å²) in [5.74, 6) is -0.934. The summed E-state index contributed by atoms with van der Waals surface area (Å²) in [6.45, 7) is 5.82. The molecule has 1 heterocycles. The van der Waals surface area contributed by atoms with Gasteiger partial charge < -0.3 is 10.4 Å². The first-order valence-electron chi connectivity index (χ1n) is 6.40. The summed E-state index contributed by atoms with van der Waals surface area (Å²) in [6, 6.07) is 0.0483. The van der Waals surface area contributed by atoms with Crippen LogP contribution in [0.3, 0.4) is 0 Å². The SMILES string of the molecule is CCC(CC)C(C)NC(=O)c1cn(CC(=O)O)nn1. The van der Waals surface area contributed by atoms with Crippen molar-refractivity contribution in [1.29, 1.82) is 0 Å². The average molecular weight is 268 g/mol. The fourth-order valence-corrected chi connectivity index (χ4v) is 2.01. The molecule has 0 fully saturated rings. The lowest BCUT2D eigenvalue weighted by atomic mass is 9.95. The van der Waals surface area contributed by atoms with Crippen molar-refractivity contribution in [3.05, 3.63) is 11.9 Å². The van der Waals surface area contributed by atoms with E-state index >= 15 is 0 Å². The van der Waals surface area contributed by atoms with Gasteiger partial charge in [-0.3, -0.25) is 9.59 Å². The second-order valence-electron chi connectivity index (χ2n) is 4.53. The summed E-state index contributed by atoms with van der Waals surface area (Å²) in [4.78, 5) is 22.4. The van der Waals surface area contributed by atoms with Crippen molar-refractivity contribution in [3.63, 3.8) is 0 Å². The fourth-order valence-electron chi connectivity index (χ4n) is 2.01. The molecule has 19 heavy (non-hydrogen) atoms. The molecule has 0 spiro atoms. The van der Waals surface area contributed by atoms with E-state index in [0.717, 1.165) is 17.5 Å². The van der Waals surface area contributed by atoms with Gasteiger partial charge in [-0.05, 0) is 12.8 Å². The van der Waals surface area contributed by atoms with E-state index in [1.165, 1.54) is 6.20 Å². The highest BCUT2D eigenvalue weighted by atomic mass is 16.4. The number of rotatable bonds is 7. The summed E-state index contributed by atoms with van der Waals surface area (Å²) in [6.07, 6.45) is 3.32.